The molecule has 88 valence electrons. The Bertz CT molecular complexity index is 393. The molecule has 1 aromatic carbocycles. The van der Waals surface area contributed by atoms with Crippen molar-refractivity contribution in [3.05, 3.63) is 28.0 Å². The van der Waals surface area contributed by atoms with Gasteiger partial charge in [0.1, 0.15) is 0 Å². The van der Waals surface area contributed by atoms with Crippen LogP contribution in [0.2, 0.25) is 0 Å². The molecule has 0 N–H and O–H groups in total. The molecule has 0 atom stereocenters. The Morgan fingerprint density at radius 3 is 2.81 bits per heavy atom. The van der Waals surface area contributed by atoms with E-state index in [0.29, 0.717) is 4.47 Å². The topological polar surface area (TPSA) is 35.5 Å². The van der Waals surface area contributed by atoms with Gasteiger partial charge in [-0.2, -0.15) is 0 Å². The summed E-state index contributed by atoms with van der Waals surface area (Å²) >= 11 is 3.20. The molecule has 0 unspecified atom stereocenters. The van der Waals surface area contributed by atoms with Crippen molar-refractivity contribution in [2.75, 3.05) is 13.2 Å². The Hall–Kier alpha value is -1.10. The van der Waals surface area contributed by atoms with E-state index in [-0.39, 0.29) is 19.0 Å². The summed E-state index contributed by atoms with van der Waals surface area (Å²) in [4.78, 5) is 11.0. The number of halogens is 2. The molecule has 0 aliphatic heterocycles. The van der Waals surface area contributed by atoms with Crippen LogP contribution in [0.3, 0.4) is 0 Å². The smallest absolute Gasteiger partial charge is 0.344 e. The van der Waals surface area contributed by atoms with Crippen LogP contribution in [0.5, 0.6) is 5.75 Å². The average molecular weight is 291 g/mol. The lowest BCUT2D eigenvalue weighted by Crippen LogP contribution is -2.15. The highest BCUT2D eigenvalue weighted by atomic mass is 79.9. The first-order valence-corrected chi connectivity index (χ1v) is 5.58. The standard InChI is InChI=1S/C11H12BrFO3/c1-3-15-11(14)6-16-10-4-7(2)8(12)5-9(10)13/h4-5H,3,6H2,1-2H3. The number of benzene rings is 1. The predicted octanol–water partition coefficient (Wildman–Crippen LogP) is 2.84. The molecule has 1 rings (SSSR count). The number of hydrogen-bond acceptors (Lipinski definition) is 3. The number of hydrogen-bond donors (Lipinski definition) is 0. The van der Waals surface area contributed by atoms with E-state index in [0.717, 1.165) is 5.56 Å². The van der Waals surface area contributed by atoms with E-state index in [1.165, 1.54) is 12.1 Å². The summed E-state index contributed by atoms with van der Waals surface area (Å²) in [6, 6.07) is 2.83. The van der Waals surface area contributed by atoms with Crippen LogP contribution >= 0.6 is 15.9 Å². The number of carbonyl (C=O) groups is 1. The summed E-state index contributed by atoms with van der Waals surface area (Å²) in [7, 11) is 0. The van der Waals surface area contributed by atoms with E-state index in [1.807, 2.05) is 0 Å². The molecule has 0 aliphatic rings. The van der Waals surface area contributed by atoms with E-state index in [1.54, 1.807) is 13.8 Å². The van der Waals surface area contributed by atoms with E-state index >= 15 is 0 Å². The highest BCUT2D eigenvalue weighted by Gasteiger charge is 2.09. The summed E-state index contributed by atoms with van der Waals surface area (Å²) < 4.78 is 23.7. The number of esters is 1. The van der Waals surface area contributed by atoms with Gasteiger partial charge in [0.25, 0.3) is 0 Å². The summed E-state index contributed by atoms with van der Waals surface area (Å²) in [5, 5.41) is 0. The van der Waals surface area contributed by atoms with Crippen molar-refractivity contribution in [2.24, 2.45) is 0 Å². The van der Waals surface area contributed by atoms with Gasteiger partial charge in [-0.25, -0.2) is 9.18 Å². The zero-order chi connectivity index (χ0) is 12.1. The highest BCUT2D eigenvalue weighted by molar-refractivity contribution is 9.10. The van der Waals surface area contributed by atoms with Gasteiger partial charge in [-0.05, 0) is 31.5 Å². The van der Waals surface area contributed by atoms with Gasteiger partial charge in [0.15, 0.2) is 18.2 Å². The summed E-state index contributed by atoms with van der Waals surface area (Å²) in [6.07, 6.45) is 0. The third-order valence-corrected chi connectivity index (χ3v) is 2.72. The van der Waals surface area contributed by atoms with Crippen LogP contribution < -0.4 is 4.74 Å². The van der Waals surface area contributed by atoms with Gasteiger partial charge < -0.3 is 9.47 Å². The summed E-state index contributed by atoms with van der Waals surface area (Å²) in [5.74, 6) is -0.974. The van der Waals surface area contributed by atoms with Crippen LogP contribution in [-0.4, -0.2) is 19.2 Å². The van der Waals surface area contributed by atoms with E-state index in [2.05, 4.69) is 20.7 Å². The van der Waals surface area contributed by atoms with Crippen molar-refractivity contribution >= 4 is 21.9 Å². The van der Waals surface area contributed by atoms with Crippen molar-refractivity contribution in [2.45, 2.75) is 13.8 Å². The molecule has 0 aromatic heterocycles. The fraction of sp³-hybridized carbons (Fsp3) is 0.364. The second kappa shape index (κ2) is 5.84. The number of aryl methyl sites for hydroxylation is 1. The van der Waals surface area contributed by atoms with Crippen molar-refractivity contribution < 1.29 is 18.7 Å². The molecule has 0 amide bonds. The maximum absolute atomic E-state index is 13.4. The van der Waals surface area contributed by atoms with Crippen molar-refractivity contribution in [1.82, 2.24) is 0 Å². The van der Waals surface area contributed by atoms with E-state index in [4.69, 9.17) is 4.74 Å². The average Bonchev–Trinajstić information content (AvgIpc) is 2.22. The lowest BCUT2D eigenvalue weighted by Gasteiger charge is -2.08. The minimum absolute atomic E-state index is 0.0498. The second-order valence-corrected chi connectivity index (χ2v) is 3.98. The molecule has 0 spiro atoms. The summed E-state index contributed by atoms with van der Waals surface area (Å²) in [6.45, 7) is 3.50. The van der Waals surface area contributed by atoms with Gasteiger partial charge in [-0.15, -0.1) is 0 Å². The van der Waals surface area contributed by atoms with E-state index in [9.17, 15) is 9.18 Å². The lowest BCUT2D eigenvalue weighted by molar-refractivity contribution is -0.145. The monoisotopic (exact) mass is 290 g/mol. The molecule has 5 heteroatoms. The van der Waals surface area contributed by atoms with Gasteiger partial charge in [0, 0.05) is 4.47 Å². The maximum atomic E-state index is 13.4. The molecule has 0 saturated carbocycles. The van der Waals surface area contributed by atoms with Gasteiger partial charge in [0.05, 0.1) is 6.61 Å². The lowest BCUT2D eigenvalue weighted by atomic mass is 10.2. The normalized spacial score (nSPS) is 10.0. The zero-order valence-electron chi connectivity index (χ0n) is 9.05. The first kappa shape index (κ1) is 13.0. The molecule has 0 radical (unpaired) electrons. The fourth-order valence-corrected chi connectivity index (χ4v) is 1.40. The quantitative estimate of drug-likeness (QED) is 0.800. The van der Waals surface area contributed by atoms with Crippen molar-refractivity contribution in [3.8, 4) is 5.75 Å². The number of rotatable bonds is 4. The predicted molar refractivity (Wildman–Crippen MR) is 61.0 cm³/mol. The largest absolute Gasteiger partial charge is 0.479 e. The first-order chi connectivity index (χ1) is 7.54. The molecular weight excluding hydrogens is 279 g/mol. The molecular formula is C11H12BrFO3. The van der Waals surface area contributed by atoms with E-state index < -0.39 is 11.8 Å². The van der Waals surface area contributed by atoms with Crippen LogP contribution in [0, 0.1) is 12.7 Å². The third kappa shape index (κ3) is 3.48. The minimum atomic E-state index is -0.512. The highest BCUT2D eigenvalue weighted by Crippen LogP contribution is 2.25. The Morgan fingerprint density at radius 1 is 1.50 bits per heavy atom. The van der Waals surface area contributed by atoms with Crippen LogP contribution in [0.25, 0.3) is 0 Å². The van der Waals surface area contributed by atoms with Gasteiger partial charge in [-0.3, -0.25) is 0 Å². The Kier molecular flexibility index (Phi) is 4.73. The van der Waals surface area contributed by atoms with Gasteiger partial charge >= 0.3 is 5.97 Å². The van der Waals surface area contributed by atoms with Gasteiger partial charge in [0.2, 0.25) is 0 Å². The SMILES string of the molecule is CCOC(=O)COc1cc(C)c(Br)cc1F. The molecule has 0 saturated heterocycles. The van der Waals surface area contributed by atoms with Crippen LogP contribution in [-0.2, 0) is 9.53 Å². The molecule has 3 nitrogen and oxygen atoms in total. The fourth-order valence-electron chi connectivity index (χ4n) is 1.08. The molecule has 1 aromatic rings. The number of carbonyl (C=O) groups excluding carboxylic acids is 1. The van der Waals surface area contributed by atoms with Crippen LogP contribution in [0.15, 0.2) is 16.6 Å². The number of ether oxygens (including phenoxy) is 2. The maximum Gasteiger partial charge on any atom is 0.344 e. The molecule has 0 fully saturated rings. The molecule has 0 bridgehead atoms. The molecule has 0 heterocycles. The zero-order valence-corrected chi connectivity index (χ0v) is 10.6. The van der Waals surface area contributed by atoms with Crippen LogP contribution in [0.4, 0.5) is 4.39 Å². The van der Waals surface area contributed by atoms with Crippen LogP contribution in [0.1, 0.15) is 12.5 Å². The third-order valence-electron chi connectivity index (χ3n) is 1.86. The molecule has 0 aliphatic carbocycles. The second-order valence-electron chi connectivity index (χ2n) is 3.13. The van der Waals surface area contributed by atoms with Crippen molar-refractivity contribution in [1.29, 1.82) is 0 Å². The molecule has 16 heavy (non-hydrogen) atoms. The first-order valence-electron chi connectivity index (χ1n) is 4.78. The summed E-state index contributed by atoms with van der Waals surface area (Å²) in [5.41, 5.74) is 0.834. The Morgan fingerprint density at radius 2 is 2.19 bits per heavy atom. The van der Waals surface area contributed by atoms with Crippen molar-refractivity contribution in [3.63, 3.8) is 0 Å². The Balaban J connectivity index is 2.67. The minimum Gasteiger partial charge on any atom is -0.479 e. The Labute approximate surface area is 102 Å². The van der Waals surface area contributed by atoms with Gasteiger partial charge in [-0.1, -0.05) is 15.9 Å².